The van der Waals surface area contributed by atoms with Gasteiger partial charge in [-0.05, 0) is 6.92 Å². The van der Waals surface area contributed by atoms with Crippen LogP contribution in [-0.2, 0) is 9.53 Å². The normalized spacial score (nSPS) is 28.4. The van der Waals surface area contributed by atoms with E-state index < -0.39 is 0 Å². The molecule has 58 valence electrons. The van der Waals surface area contributed by atoms with Crippen LogP contribution in [0.5, 0.6) is 0 Å². The zero-order valence-corrected chi connectivity index (χ0v) is 6.04. The third kappa shape index (κ3) is 1.76. The summed E-state index contributed by atoms with van der Waals surface area (Å²) in [5, 5.41) is 1.61. The van der Waals surface area contributed by atoms with Crippen molar-refractivity contribution in [3.63, 3.8) is 0 Å². The van der Waals surface area contributed by atoms with Crippen LogP contribution in [0.15, 0.2) is 0 Å². The van der Waals surface area contributed by atoms with Crippen molar-refractivity contribution in [1.29, 1.82) is 0 Å². The standard InChI is InChI=1S/C6H12N2O2/c1-5(9)6-4-8(7)2-3-10-6/h6H,2-4,7H2,1H3. The van der Waals surface area contributed by atoms with Gasteiger partial charge in [0.2, 0.25) is 0 Å². The number of ketones is 1. The zero-order valence-electron chi connectivity index (χ0n) is 6.04. The number of hydrogen-bond donors (Lipinski definition) is 1. The van der Waals surface area contributed by atoms with Crippen LogP contribution in [0.3, 0.4) is 0 Å². The minimum atomic E-state index is -0.307. The highest BCUT2D eigenvalue weighted by atomic mass is 16.5. The van der Waals surface area contributed by atoms with Crippen LogP contribution in [0.25, 0.3) is 0 Å². The molecule has 4 nitrogen and oxygen atoms in total. The Bertz CT molecular complexity index is 138. The summed E-state index contributed by atoms with van der Waals surface area (Å²) in [7, 11) is 0. The molecule has 1 fully saturated rings. The van der Waals surface area contributed by atoms with Crippen molar-refractivity contribution in [2.75, 3.05) is 19.7 Å². The van der Waals surface area contributed by atoms with Crippen molar-refractivity contribution < 1.29 is 9.53 Å². The molecule has 0 aromatic heterocycles. The summed E-state index contributed by atoms with van der Waals surface area (Å²) in [6.07, 6.45) is -0.307. The lowest BCUT2D eigenvalue weighted by atomic mass is 10.2. The van der Waals surface area contributed by atoms with Crippen molar-refractivity contribution in [3.05, 3.63) is 0 Å². The van der Waals surface area contributed by atoms with E-state index in [0.29, 0.717) is 19.7 Å². The molecule has 1 heterocycles. The first-order valence-electron chi connectivity index (χ1n) is 3.32. The number of Topliss-reactive ketones (excluding diaryl/α,β-unsaturated/α-hetero) is 1. The first-order valence-corrected chi connectivity index (χ1v) is 3.32. The SMILES string of the molecule is CC(=O)C1CN(N)CCO1. The molecule has 4 heteroatoms. The molecule has 1 aliphatic heterocycles. The Morgan fingerprint density at radius 2 is 2.50 bits per heavy atom. The Hall–Kier alpha value is -0.450. The molecule has 0 aliphatic carbocycles. The molecule has 0 aromatic carbocycles. The molecule has 10 heavy (non-hydrogen) atoms. The number of carbonyl (C=O) groups is 1. The smallest absolute Gasteiger partial charge is 0.159 e. The molecular weight excluding hydrogens is 132 g/mol. The average Bonchev–Trinajstić information content (AvgIpc) is 1.88. The molecule has 0 bridgehead atoms. The largest absolute Gasteiger partial charge is 0.368 e. The second kappa shape index (κ2) is 3.09. The van der Waals surface area contributed by atoms with Gasteiger partial charge < -0.3 is 4.74 Å². The van der Waals surface area contributed by atoms with Crippen LogP contribution < -0.4 is 5.84 Å². The topological polar surface area (TPSA) is 55.6 Å². The lowest BCUT2D eigenvalue weighted by Gasteiger charge is -2.27. The fourth-order valence-corrected chi connectivity index (χ4v) is 0.915. The first-order chi connectivity index (χ1) is 4.70. The highest BCUT2D eigenvalue weighted by Gasteiger charge is 2.21. The maximum atomic E-state index is 10.7. The Balaban J connectivity index is 2.39. The predicted molar refractivity (Wildman–Crippen MR) is 36.2 cm³/mol. The quantitative estimate of drug-likeness (QED) is 0.487. The van der Waals surface area contributed by atoms with Gasteiger partial charge in [-0.1, -0.05) is 0 Å². The number of rotatable bonds is 1. The highest BCUT2D eigenvalue weighted by Crippen LogP contribution is 2.01. The van der Waals surface area contributed by atoms with Gasteiger partial charge in [0.15, 0.2) is 5.78 Å². The number of ether oxygens (including phenoxy) is 1. The molecule has 1 aliphatic rings. The van der Waals surface area contributed by atoms with Crippen LogP contribution in [0, 0.1) is 0 Å². The molecule has 0 amide bonds. The van der Waals surface area contributed by atoms with Crippen molar-refractivity contribution in [2.45, 2.75) is 13.0 Å². The molecule has 0 spiro atoms. The van der Waals surface area contributed by atoms with E-state index in [4.69, 9.17) is 10.6 Å². The summed E-state index contributed by atoms with van der Waals surface area (Å²) >= 11 is 0. The van der Waals surface area contributed by atoms with Gasteiger partial charge in [-0.3, -0.25) is 10.6 Å². The van der Waals surface area contributed by atoms with E-state index in [-0.39, 0.29) is 11.9 Å². The Labute approximate surface area is 59.9 Å². The molecule has 2 N–H and O–H groups in total. The Morgan fingerprint density at radius 1 is 1.80 bits per heavy atom. The molecule has 0 radical (unpaired) electrons. The van der Waals surface area contributed by atoms with Crippen LogP contribution in [0.2, 0.25) is 0 Å². The van der Waals surface area contributed by atoms with E-state index in [1.54, 1.807) is 5.01 Å². The fraction of sp³-hybridized carbons (Fsp3) is 0.833. The summed E-state index contributed by atoms with van der Waals surface area (Å²) in [6, 6.07) is 0. The van der Waals surface area contributed by atoms with E-state index in [1.807, 2.05) is 0 Å². The molecule has 1 rings (SSSR count). The summed E-state index contributed by atoms with van der Waals surface area (Å²) in [4.78, 5) is 10.7. The minimum absolute atomic E-state index is 0.0511. The summed E-state index contributed by atoms with van der Waals surface area (Å²) in [5.74, 6) is 5.52. The molecular formula is C6H12N2O2. The number of hydrogen-bond acceptors (Lipinski definition) is 4. The van der Waals surface area contributed by atoms with E-state index in [9.17, 15) is 4.79 Å². The van der Waals surface area contributed by atoms with Crippen LogP contribution in [0.4, 0.5) is 0 Å². The molecule has 0 aromatic rings. The van der Waals surface area contributed by atoms with Gasteiger partial charge in [0.25, 0.3) is 0 Å². The van der Waals surface area contributed by atoms with Crippen LogP contribution in [0.1, 0.15) is 6.92 Å². The van der Waals surface area contributed by atoms with Crippen LogP contribution in [-0.4, -0.2) is 36.6 Å². The van der Waals surface area contributed by atoms with Crippen molar-refractivity contribution >= 4 is 5.78 Å². The maximum Gasteiger partial charge on any atom is 0.159 e. The summed E-state index contributed by atoms with van der Waals surface area (Å²) < 4.78 is 5.14. The third-order valence-corrected chi connectivity index (χ3v) is 1.55. The van der Waals surface area contributed by atoms with Crippen LogP contribution >= 0.6 is 0 Å². The number of nitrogens with two attached hydrogens (primary N) is 1. The van der Waals surface area contributed by atoms with Gasteiger partial charge >= 0.3 is 0 Å². The van der Waals surface area contributed by atoms with Gasteiger partial charge in [-0.2, -0.15) is 0 Å². The number of nitrogens with zero attached hydrogens (tertiary/aromatic N) is 1. The third-order valence-electron chi connectivity index (χ3n) is 1.55. The van der Waals surface area contributed by atoms with E-state index in [0.717, 1.165) is 0 Å². The fourth-order valence-electron chi connectivity index (χ4n) is 0.915. The van der Waals surface area contributed by atoms with E-state index in [2.05, 4.69) is 0 Å². The van der Waals surface area contributed by atoms with Gasteiger partial charge in [-0.15, -0.1) is 0 Å². The molecule has 1 unspecified atom stereocenters. The first kappa shape index (κ1) is 7.65. The van der Waals surface area contributed by atoms with E-state index >= 15 is 0 Å². The van der Waals surface area contributed by atoms with Gasteiger partial charge in [0.05, 0.1) is 6.61 Å². The van der Waals surface area contributed by atoms with Crippen molar-refractivity contribution in [3.8, 4) is 0 Å². The van der Waals surface area contributed by atoms with Gasteiger partial charge in [-0.25, -0.2) is 5.01 Å². The lowest BCUT2D eigenvalue weighted by Crippen LogP contribution is -2.48. The average molecular weight is 144 g/mol. The molecule has 1 saturated heterocycles. The Kier molecular flexibility index (Phi) is 2.37. The van der Waals surface area contributed by atoms with Gasteiger partial charge in [0, 0.05) is 13.1 Å². The maximum absolute atomic E-state index is 10.7. The number of carbonyl (C=O) groups excluding carboxylic acids is 1. The van der Waals surface area contributed by atoms with Crippen molar-refractivity contribution in [1.82, 2.24) is 5.01 Å². The molecule has 0 saturated carbocycles. The van der Waals surface area contributed by atoms with E-state index in [1.165, 1.54) is 6.92 Å². The molecule has 1 atom stereocenters. The predicted octanol–water partition coefficient (Wildman–Crippen LogP) is -0.850. The minimum Gasteiger partial charge on any atom is -0.368 e. The number of morpholine rings is 1. The number of hydrazine groups is 1. The highest BCUT2D eigenvalue weighted by molar-refractivity contribution is 5.80. The summed E-state index contributed by atoms with van der Waals surface area (Å²) in [6.45, 7) is 3.31. The Morgan fingerprint density at radius 3 is 2.90 bits per heavy atom. The second-order valence-corrected chi connectivity index (χ2v) is 2.47. The zero-order chi connectivity index (χ0) is 7.56. The lowest BCUT2D eigenvalue weighted by molar-refractivity contribution is -0.134. The van der Waals surface area contributed by atoms with Crippen molar-refractivity contribution in [2.24, 2.45) is 5.84 Å². The van der Waals surface area contributed by atoms with Gasteiger partial charge in [0.1, 0.15) is 6.10 Å². The second-order valence-electron chi connectivity index (χ2n) is 2.47. The monoisotopic (exact) mass is 144 g/mol. The summed E-state index contributed by atoms with van der Waals surface area (Å²) in [5.41, 5.74) is 0.